The topological polar surface area (TPSA) is 67.4 Å². The van der Waals surface area contributed by atoms with Gasteiger partial charge in [-0.2, -0.15) is 0 Å². The molecule has 0 atom stereocenters. The molecule has 21 heavy (non-hydrogen) atoms. The third kappa shape index (κ3) is 3.59. The number of ether oxygens (including phenoxy) is 1. The second kappa shape index (κ2) is 6.24. The maximum absolute atomic E-state index is 12.4. The summed E-state index contributed by atoms with van der Waals surface area (Å²) in [5, 5.41) is 3.37. The van der Waals surface area contributed by atoms with Crippen LogP contribution in [0, 0.1) is 0 Å². The minimum atomic E-state index is -3.75. The van der Waals surface area contributed by atoms with E-state index in [-0.39, 0.29) is 10.6 Å². The van der Waals surface area contributed by atoms with E-state index in [1.165, 1.54) is 25.3 Å². The van der Waals surface area contributed by atoms with Crippen molar-refractivity contribution in [1.29, 1.82) is 0 Å². The quantitative estimate of drug-likeness (QED) is 0.885. The molecule has 0 amide bonds. The number of benzene rings is 2. The standard InChI is InChI=1S/C14H15ClN2O3S/c1-16-11-4-6-12(7-5-11)17-21(18,19)14-8-3-10(15)9-13(14)20-2/h3-9,16-17H,1-2H3. The van der Waals surface area contributed by atoms with Crippen LogP contribution in [0.15, 0.2) is 47.4 Å². The van der Waals surface area contributed by atoms with Crippen LogP contribution in [0.5, 0.6) is 5.75 Å². The molecule has 0 saturated heterocycles. The second-order valence-electron chi connectivity index (χ2n) is 4.23. The molecule has 2 N–H and O–H groups in total. The molecule has 0 aliphatic carbocycles. The van der Waals surface area contributed by atoms with Gasteiger partial charge >= 0.3 is 0 Å². The largest absolute Gasteiger partial charge is 0.495 e. The maximum atomic E-state index is 12.4. The molecule has 2 aromatic rings. The Balaban J connectivity index is 2.33. The minimum absolute atomic E-state index is 0.0343. The fraction of sp³-hybridized carbons (Fsp3) is 0.143. The van der Waals surface area contributed by atoms with E-state index in [0.29, 0.717) is 10.7 Å². The zero-order valence-electron chi connectivity index (χ0n) is 11.6. The fourth-order valence-electron chi connectivity index (χ4n) is 1.78. The molecular weight excluding hydrogens is 312 g/mol. The van der Waals surface area contributed by atoms with E-state index in [1.807, 2.05) is 0 Å². The third-order valence-corrected chi connectivity index (χ3v) is 4.50. The monoisotopic (exact) mass is 326 g/mol. The molecule has 0 spiro atoms. The van der Waals surface area contributed by atoms with Gasteiger partial charge in [0.1, 0.15) is 10.6 Å². The molecule has 0 aliphatic heterocycles. The molecule has 112 valence electrons. The lowest BCUT2D eigenvalue weighted by atomic mass is 10.3. The average molecular weight is 327 g/mol. The van der Waals surface area contributed by atoms with Crippen molar-refractivity contribution in [2.24, 2.45) is 0 Å². The molecule has 5 nitrogen and oxygen atoms in total. The smallest absolute Gasteiger partial charge is 0.265 e. The SMILES string of the molecule is CNc1ccc(NS(=O)(=O)c2ccc(Cl)cc2OC)cc1. The average Bonchev–Trinajstić information content (AvgIpc) is 2.47. The van der Waals surface area contributed by atoms with Crippen LogP contribution in [0.2, 0.25) is 5.02 Å². The molecule has 0 bridgehead atoms. The molecule has 7 heteroatoms. The number of hydrogen-bond acceptors (Lipinski definition) is 4. The third-order valence-electron chi connectivity index (χ3n) is 2.84. The van der Waals surface area contributed by atoms with Gasteiger partial charge in [-0.3, -0.25) is 4.72 Å². The maximum Gasteiger partial charge on any atom is 0.265 e. The van der Waals surface area contributed by atoms with Gasteiger partial charge in [0.15, 0.2) is 0 Å². The van der Waals surface area contributed by atoms with Crippen LogP contribution in [0.3, 0.4) is 0 Å². The first-order valence-corrected chi connectivity index (χ1v) is 7.96. The lowest BCUT2D eigenvalue weighted by molar-refractivity contribution is 0.403. The van der Waals surface area contributed by atoms with Gasteiger partial charge in [0.2, 0.25) is 0 Å². The molecule has 0 aromatic heterocycles. The highest BCUT2D eigenvalue weighted by atomic mass is 35.5. The summed E-state index contributed by atoms with van der Waals surface area (Å²) < 4.78 is 32.4. The van der Waals surface area contributed by atoms with Gasteiger partial charge in [0.25, 0.3) is 10.0 Å². The van der Waals surface area contributed by atoms with E-state index in [4.69, 9.17) is 16.3 Å². The predicted molar refractivity (Wildman–Crippen MR) is 84.8 cm³/mol. The van der Waals surface area contributed by atoms with Crippen molar-refractivity contribution < 1.29 is 13.2 Å². The van der Waals surface area contributed by atoms with E-state index in [2.05, 4.69) is 10.0 Å². The Labute approximate surface area is 128 Å². The molecule has 2 aromatic carbocycles. The highest BCUT2D eigenvalue weighted by molar-refractivity contribution is 7.92. The van der Waals surface area contributed by atoms with Gasteiger partial charge in [-0.05, 0) is 36.4 Å². The fourth-order valence-corrected chi connectivity index (χ4v) is 3.15. The summed E-state index contributed by atoms with van der Waals surface area (Å²) in [5.74, 6) is 0.196. The van der Waals surface area contributed by atoms with E-state index in [1.54, 1.807) is 31.3 Å². The molecule has 0 fully saturated rings. The van der Waals surface area contributed by atoms with Crippen LogP contribution in [0.1, 0.15) is 0 Å². The summed E-state index contributed by atoms with van der Waals surface area (Å²) in [4.78, 5) is 0.0343. The molecule has 0 unspecified atom stereocenters. The van der Waals surface area contributed by atoms with Gasteiger partial charge in [0, 0.05) is 29.5 Å². The van der Waals surface area contributed by atoms with Crippen LogP contribution in [-0.2, 0) is 10.0 Å². The van der Waals surface area contributed by atoms with E-state index in [0.717, 1.165) is 5.69 Å². The number of anilines is 2. The summed E-state index contributed by atoms with van der Waals surface area (Å²) in [6.07, 6.45) is 0. The Morgan fingerprint density at radius 3 is 2.24 bits per heavy atom. The number of sulfonamides is 1. The van der Waals surface area contributed by atoms with Crippen LogP contribution >= 0.6 is 11.6 Å². The van der Waals surface area contributed by atoms with Crippen molar-refractivity contribution in [3.8, 4) is 5.75 Å². The normalized spacial score (nSPS) is 11.0. The Kier molecular flexibility index (Phi) is 4.59. The van der Waals surface area contributed by atoms with Crippen molar-refractivity contribution in [2.75, 3.05) is 24.2 Å². The molecule has 2 rings (SSSR count). The first-order chi connectivity index (χ1) is 9.96. The number of hydrogen-bond donors (Lipinski definition) is 2. The van der Waals surface area contributed by atoms with Crippen molar-refractivity contribution in [1.82, 2.24) is 0 Å². The zero-order chi connectivity index (χ0) is 15.5. The molecule has 0 aliphatic rings. The van der Waals surface area contributed by atoms with E-state index in [9.17, 15) is 8.42 Å². The number of rotatable bonds is 5. The van der Waals surface area contributed by atoms with Gasteiger partial charge in [-0.15, -0.1) is 0 Å². The summed E-state index contributed by atoms with van der Waals surface area (Å²) in [5.41, 5.74) is 1.35. The zero-order valence-corrected chi connectivity index (χ0v) is 13.1. The Bertz CT molecular complexity index is 730. The van der Waals surface area contributed by atoms with Crippen LogP contribution in [-0.4, -0.2) is 22.6 Å². The van der Waals surface area contributed by atoms with Gasteiger partial charge in [-0.1, -0.05) is 11.6 Å². The van der Waals surface area contributed by atoms with Crippen molar-refractivity contribution >= 4 is 33.0 Å². The predicted octanol–water partition coefficient (Wildman–Crippen LogP) is 3.19. The highest BCUT2D eigenvalue weighted by Crippen LogP contribution is 2.28. The van der Waals surface area contributed by atoms with Gasteiger partial charge < -0.3 is 10.1 Å². The van der Waals surface area contributed by atoms with Gasteiger partial charge in [-0.25, -0.2) is 8.42 Å². The molecular formula is C14H15ClN2O3S. The summed E-state index contributed by atoms with van der Waals surface area (Å²) in [6.45, 7) is 0. The molecule has 0 heterocycles. The summed E-state index contributed by atoms with van der Waals surface area (Å²) >= 11 is 5.84. The minimum Gasteiger partial charge on any atom is -0.495 e. The Hall–Kier alpha value is -1.92. The van der Waals surface area contributed by atoms with Crippen molar-refractivity contribution in [3.63, 3.8) is 0 Å². The van der Waals surface area contributed by atoms with Crippen molar-refractivity contribution in [2.45, 2.75) is 4.90 Å². The Morgan fingerprint density at radius 1 is 1.05 bits per heavy atom. The lowest BCUT2D eigenvalue weighted by Gasteiger charge is -2.12. The Morgan fingerprint density at radius 2 is 1.67 bits per heavy atom. The number of nitrogens with one attached hydrogen (secondary N) is 2. The van der Waals surface area contributed by atoms with Crippen molar-refractivity contribution in [3.05, 3.63) is 47.5 Å². The number of halogens is 1. The highest BCUT2D eigenvalue weighted by Gasteiger charge is 2.19. The van der Waals surface area contributed by atoms with Crippen LogP contribution in [0.25, 0.3) is 0 Å². The number of methoxy groups -OCH3 is 1. The summed E-state index contributed by atoms with van der Waals surface area (Å²) in [6, 6.07) is 11.3. The van der Waals surface area contributed by atoms with Crippen LogP contribution < -0.4 is 14.8 Å². The first kappa shape index (κ1) is 15.5. The second-order valence-corrected chi connectivity index (χ2v) is 6.32. The summed E-state index contributed by atoms with van der Waals surface area (Å²) in [7, 11) is -0.562. The van der Waals surface area contributed by atoms with E-state index < -0.39 is 10.0 Å². The molecule has 0 saturated carbocycles. The lowest BCUT2D eigenvalue weighted by Crippen LogP contribution is -2.14. The molecule has 0 radical (unpaired) electrons. The van der Waals surface area contributed by atoms with E-state index >= 15 is 0 Å². The van der Waals surface area contributed by atoms with Crippen LogP contribution in [0.4, 0.5) is 11.4 Å². The van der Waals surface area contributed by atoms with Gasteiger partial charge in [0.05, 0.1) is 7.11 Å². The first-order valence-electron chi connectivity index (χ1n) is 6.10.